The highest BCUT2D eigenvalue weighted by Crippen LogP contribution is 2.61. The summed E-state index contributed by atoms with van der Waals surface area (Å²) in [5.74, 6) is 5.21. The average molecular weight is 355 g/mol. The first-order chi connectivity index (χ1) is 12.2. The van der Waals surface area contributed by atoms with Crippen LogP contribution in [0, 0.1) is 23.2 Å². The lowest BCUT2D eigenvalue weighted by Crippen LogP contribution is -2.46. The van der Waals surface area contributed by atoms with Crippen LogP contribution in [0.2, 0.25) is 0 Å². The van der Waals surface area contributed by atoms with E-state index in [4.69, 9.17) is 0 Å². The van der Waals surface area contributed by atoms with Crippen LogP contribution < -0.4 is 0 Å². The van der Waals surface area contributed by atoms with Gasteiger partial charge >= 0.3 is 0 Å². The standard InChI is InChI=1S/C20H26N4S/c1-24-18(17-3-2-5-21-13-17)22-23-19(24)25-6-4-20-10-14-7-15(11-20)9-16(8-14)12-20/h2-3,5,13-16H,4,6-12H2,1H3. The van der Waals surface area contributed by atoms with Crippen LogP contribution in [0.4, 0.5) is 0 Å². The number of nitrogens with zero attached hydrogens (tertiary/aromatic N) is 4. The molecule has 0 radical (unpaired) electrons. The van der Waals surface area contributed by atoms with E-state index in [1.165, 1.54) is 50.7 Å². The van der Waals surface area contributed by atoms with Crippen molar-refractivity contribution in [3.05, 3.63) is 24.5 Å². The van der Waals surface area contributed by atoms with Crippen LogP contribution >= 0.6 is 11.8 Å². The molecule has 2 heterocycles. The van der Waals surface area contributed by atoms with Gasteiger partial charge in [-0.2, -0.15) is 0 Å². The van der Waals surface area contributed by atoms with E-state index in [0.29, 0.717) is 5.41 Å². The number of hydrogen-bond donors (Lipinski definition) is 0. The molecule has 4 aliphatic rings. The molecule has 0 amide bonds. The maximum Gasteiger partial charge on any atom is 0.191 e. The predicted octanol–water partition coefficient (Wildman–Crippen LogP) is 4.58. The van der Waals surface area contributed by atoms with Gasteiger partial charge in [-0.05, 0) is 80.2 Å². The van der Waals surface area contributed by atoms with Gasteiger partial charge in [0.05, 0.1) is 0 Å². The van der Waals surface area contributed by atoms with Gasteiger partial charge in [-0.3, -0.25) is 4.98 Å². The van der Waals surface area contributed by atoms with Crippen molar-refractivity contribution in [2.45, 2.75) is 50.1 Å². The Bertz CT molecular complexity index is 719. The summed E-state index contributed by atoms with van der Waals surface area (Å²) in [4.78, 5) is 4.19. The molecule has 0 saturated heterocycles. The summed E-state index contributed by atoms with van der Waals surface area (Å²) in [7, 11) is 2.06. The Morgan fingerprint density at radius 3 is 2.48 bits per heavy atom. The zero-order chi connectivity index (χ0) is 16.9. The number of thioether (sulfide) groups is 1. The monoisotopic (exact) mass is 354 g/mol. The second-order valence-electron chi connectivity index (χ2n) is 8.62. The lowest BCUT2D eigenvalue weighted by atomic mass is 9.49. The fraction of sp³-hybridized carbons (Fsp3) is 0.650. The summed E-state index contributed by atoms with van der Waals surface area (Å²) in [5, 5.41) is 9.84. The maximum atomic E-state index is 4.42. The Hall–Kier alpha value is -1.36. The SMILES string of the molecule is Cn1c(SCCC23CC4CC(CC(C4)C2)C3)nnc1-c1cccnc1. The number of pyridine rings is 1. The number of aromatic nitrogens is 4. The molecule has 2 aromatic rings. The minimum absolute atomic E-state index is 0.659. The molecule has 4 bridgehead atoms. The van der Waals surface area contributed by atoms with Crippen LogP contribution in [0.3, 0.4) is 0 Å². The largest absolute Gasteiger partial charge is 0.305 e. The van der Waals surface area contributed by atoms with Crippen LogP contribution in [0.25, 0.3) is 11.4 Å². The van der Waals surface area contributed by atoms with Crippen molar-refractivity contribution in [3.63, 3.8) is 0 Å². The van der Waals surface area contributed by atoms with Crippen LogP contribution in [-0.4, -0.2) is 25.5 Å². The molecule has 4 nitrogen and oxygen atoms in total. The molecule has 4 fully saturated rings. The van der Waals surface area contributed by atoms with E-state index in [1.54, 1.807) is 6.20 Å². The van der Waals surface area contributed by atoms with E-state index in [2.05, 4.69) is 26.8 Å². The molecule has 0 spiro atoms. The first-order valence-electron chi connectivity index (χ1n) is 9.63. The van der Waals surface area contributed by atoms with Gasteiger partial charge < -0.3 is 4.57 Å². The number of hydrogen-bond acceptors (Lipinski definition) is 4. The highest BCUT2D eigenvalue weighted by molar-refractivity contribution is 7.99. The molecule has 2 aromatic heterocycles. The molecule has 4 saturated carbocycles. The van der Waals surface area contributed by atoms with E-state index < -0.39 is 0 Å². The smallest absolute Gasteiger partial charge is 0.191 e. The Morgan fingerprint density at radius 1 is 1.12 bits per heavy atom. The Kier molecular flexibility index (Phi) is 3.88. The van der Waals surface area contributed by atoms with Gasteiger partial charge in [-0.15, -0.1) is 10.2 Å². The van der Waals surface area contributed by atoms with E-state index in [1.807, 2.05) is 30.1 Å². The van der Waals surface area contributed by atoms with Crippen molar-refractivity contribution in [1.82, 2.24) is 19.7 Å². The summed E-state index contributed by atoms with van der Waals surface area (Å²) < 4.78 is 2.11. The molecular weight excluding hydrogens is 328 g/mol. The van der Waals surface area contributed by atoms with Crippen molar-refractivity contribution in [2.24, 2.45) is 30.2 Å². The first kappa shape index (κ1) is 15.9. The number of rotatable bonds is 5. The first-order valence-corrected chi connectivity index (χ1v) is 10.6. The van der Waals surface area contributed by atoms with Crippen molar-refractivity contribution >= 4 is 11.8 Å². The molecule has 132 valence electrons. The Balaban J connectivity index is 1.25. The van der Waals surface area contributed by atoms with Crippen molar-refractivity contribution in [2.75, 3.05) is 5.75 Å². The molecule has 0 aromatic carbocycles. The van der Waals surface area contributed by atoms with Crippen LogP contribution in [0.5, 0.6) is 0 Å². The summed E-state index contributed by atoms with van der Waals surface area (Å²) in [6.45, 7) is 0. The zero-order valence-corrected chi connectivity index (χ0v) is 15.7. The van der Waals surface area contributed by atoms with Crippen LogP contribution in [-0.2, 0) is 7.05 Å². The third-order valence-corrected chi connectivity index (χ3v) is 7.81. The van der Waals surface area contributed by atoms with Crippen molar-refractivity contribution in [1.29, 1.82) is 0 Å². The fourth-order valence-corrected chi connectivity index (χ4v) is 7.24. The normalized spacial score (nSPS) is 33.1. The van der Waals surface area contributed by atoms with E-state index in [9.17, 15) is 0 Å². The highest BCUT2D eigenvalue weighted by Gasteiger charge is 2.50. The highest BCUT2D eigenvalue weighted by atomic mass is 32.2. The molecule has 25 heavy (non-hydrogen) atoms. The molecule has 0 atom stereocenters. The molecule has 4 aliphatic carbocycles. The quantitative estimate of drug-likeness (QED) is 0.738. The van der Waals surface area contributed by atoms with Gasteiger partial charge in [-0.25, -0.2) is 0 Å². The molecule has 0 N–H and O–H groups in total. The predicted molar refractivity (Wildman–Crippen MR) is 100 cm³/mol. The molecule has 5 heteroatoms. The van der Waals surface area contributed by atoms with Gasteiger partial charge in [0.2, 0.25) is 0 Å². The van der Waals surface area contributed by atoms with E-state index in [0.717, 1.165) is 34.3 Å². The topological polar surface area (TPSA) is 43.6 Å². The van der Waals surface area contributed by atoms with Gasteiger partial charge in [0.1, 0.15) is 0 Å². The van der Waals surface area contributed by atoms with Gasteiger partial charge in [-0.1, -0.05) is 11.8 Å². The molecule has 0 aliphatic heterocycles. The third kappa shape index (κ3) is 2.90. The average Bonchev–Trinajstić information content (AvgIpc) is 2.95. The minimum Gasteiger partial charge on any atom is -0.305 e. The Labute approximate surface area is 153 Å². The van der Waals surface area contributed by atoms with Gasteiger partial charge in [0, 0.05) is 30.8 Å². The third-order valence-electron chi connectivity index (χ3n) is 6.78. The summed E-state index contributed by atoms with van der Waals surface area (Å²) in [6.07, 6.45) is 14.1. The van der Waals surface area contributed by atoms with Gasteiger partial charge in [0.25, 0.3) is 0 Å². The van der Waals surface area contributed by atoms with Crippen molar-refractivity contribution in [3.8, 4) is 11.4 Å². The van der Waals surface area contributed by atoms with Gasteiger partial charge in [0.15, 0.2) is 11.0 Å². The summed E-state index contributed by atoms with van der Waals surface area (Å²) in [5.41, 5.74) is 1.69. The molecule has 6 rings (SSSR count). The zero-order valence-electron chi connectivity index (χ0n) is 14.9. The second-order valence-corrected chi connectivity index (χ2v) is 9.68. The fourth-order valence-electron chi connectivity index (χ4n) is 6.14. The summed E-state index contributed by atoms with van der Waals surface area (Å²) in [6, 6.07) is 3.99. The lowest BCUT2D eigenvalue weighted by molar-refractivity contribution is -0.0538. The van der Waals surface area contributed by atoms with Crippen molar-refractivity contribution < 1.29 is 0 Å². The Morgan fingerprint density at radius 2 is 1.84 bits per heavy atom. The lowest BCUT2D eigenvalue weighted by Gasteiger charge is -2.57. The maximum absolute atomic E-state index is 4.42. The molecule has 0 unspecified atom stereocenters. The van der Waals surface area contributed by atoms with E-state index >= 15 is 0 Å². The van der Waals surface area contributed by atoms with Crippen LogP contribution in [0.1, 0.15) is 44.9 Å². The second kappa shape index (κ2) is 6.11. The molecular formula is C20H26N4S. The van der Waals surface area contributed by atoms with Crippen LogP contribution in [0.15, 0.2) is 29.7 Å². The summed E-state index contributed by atoms with van der Waals surface area (Å²) >= 11 is 1.88. The minimum atomic E-state index is 0.659. The van der Waals surface area contributed by atoms with E-state index in [-0.39, 0.29) is 0 Å².